The molecule has 0 aliphatic carbocycles. The van der Waals surface area contributed by atoms with Gasteiger partial charge in [0.25, 0.3) is 5.91 Å². The first-order chi connectivity index (χ1) is 8.18. The molecule has 18 heavy (non-hydrogen) atoms. The molecule has 4 heteroatoms. The molecular formula is C14H25N3O. The average molecular weight is 251 g/mol. The summed E-state index contributed by atoms with van der Waals surface area (Å²) in [5.74, 6) is 0.0241. The van der Waals surface area contributed by atoms with E-state index in [1.807, 2.05) is 24.7 Å². The lowest BCUT2D eigenvalue weighted by Crippen LogP contribution is -2.43. The van der Waals surface area contributed by atoms with Crippen LogP contribution in [-0.4, -0.2) is 28.5 Å². The fourth-order valence-electron chi connectivity index (χ4n) is 1.91. The Labute approximate surface area is 110 Å². The van der Waals surface area contributed by atoms with Crippen LogP contribution in [0, 0.1) is 5.41 Å². The van der Waals surface area contributed by atoms with Crippen LogP contribution in [0.15, 0.2) is 12.3 Å². The fourth-order valence-corrected chi connectivity index (χ4v) is 1.91. The first-order valence-corrected chi connectivity index (χ1v) is 6.41. The number of nitrogens with zero attached hydrogens (tertiary/aromatic N) is 2. The number of hydrogen-bond acceptors (Lipinski definition) is 2. The standard InChI is InChI=1S/C14H25N3O/c1-7-17-9-11(15)8-12(17)13(18)16(6)10(2)14(3,4)5/h8-10H,7,15H2,1-6H3. The van der Waals surface area contributed by atoms with Crippen LogP contribution in [-0.2, 0) is 6.54 Å². The van der Waals surface area contributed by atoms with E-state index in [9.17, 15) is 4.79 Å². The summed E-state index contributed by atoms with van der Waals surface area (Å²) < 4.78 is 1.89. The number of anilines is 1. The van der Waals surface area contributed by atoms with Crippen LogP contribution in [0.3, 0.4) is 0 Å². The van der Waals surface area contributed by atoms with Gasteiger partial charge in [-0.25, -0.2) is 0 Å². The number of nitrogens with two attached hydrogens (primary N) is 1. The second kappa shape index (κ2) is 5.04. The predicted molar refractivity (Wildman–Crippen MR) is 75.5 cm³/mol. The van der Waals surface area contributed by atoms with Gasteiger partial charge in [-0.15, -0.1) is 0 Å². The molecule has 0 saturated heterocycles. The lowest BCUT2D eigenvalue weighted by molar-refractivity contribution is 0.0618. The highest BCUT2D eigenvalue weighted by molar-refractivity contribution is 5.93. The van der Waals surface area contributed by atoms with Crippen LogP contribution in [0.2, 0.25) is 0 Å². The zero-order valence-electron chi connectivity index (χ0n) is 12.3. The first-order valence-electron chi connectivity index (χ1n) is 6.41. The van der Waals surface area contributed by atoms with Crippen molar-refractivity contribution >= 4 is 11.6 Å². The third-order valence-corrected chi connectivity index (χ3v) is 3.63. The smallest absolute Gasteiger partial charge is 0.270 e. The molecule has 1 heterocycles. The molecule has 102 valence electrons. The lowest BCUT2D eigenvalue weighted by atomic mass is 9.87. The molecule has 0 aromatic carbocycles. The quantitative estimate of drug-likeness (QED) is 0.897. The molecule has 0 fully saturated rings. The van der Waals surface area contributed by atoms with Gasteiger partial charge < -0.3 is 15.2 Å². The molecule has 0 bridgehead atoms. The molecule has 0 aliphatic heterocycles. The van der Waals surface area contributed by atoms with Gasteiger partial charge in [0.15, 0.2) is 0 Å². The average Bonchev–Trinajstić information content (AvgIpc) is 2.66. The monoisotopic (exact) mass is 251 g/mol. The van der Waals surface area contributed by atoms with Gasteiger partial charge in [0, 0.05) is 25.8 Å². The van der Waals surface area contributed by atoms with Crippen LogP contribution in [0.25, 0.3) is 0 Å². The fraction of sp³-hybridized carbons (Fsp3) is 0.643. The zero-order chi connectivity index (χ0) is 14.1. The molecule has 1 unspecified atom stereocenters. The maximum Gasteiger partial charge on any atom is 0.270 e. The number of carbonyl (C=O) groups excluding carboxylic acids is 1. The van der Waals surface area contributed by atoms with Crippen molar-refractivity contribution in [3.05, 3.63) is 18.0 Å². The van der Waals surface area contributed by atoms with Crippen LogP contribution < -0.4 is 5.73 Å². The normalized spacial score (nSPS) is 13.4. The van der Waals surface area contributed by atoms with Crippen molar-refractivity contribution in [3.8, 4) is 0 Å². The molecule has 0 saturated carbocycles. The van der Waals surface area contributed by atoms with E-state index in [4.69, 9.17) is 5.73 Å². The molecule has 1 atom stereocenters. The van der Waals surface area contributed by atoms with E-state index in [1.54, 1.807) is 11.0 Å². The number of hydrogen-bond donors (Lipinski definition) is 1. The summed E-state index contributed by atoms with van der Waals surface area (Å²) in [6.07, 6.45) is 1.81. The Morgan fingerprint density at radius 1 is 1.50 bits per heavy atom. The maximum atomic E-state index is 12.5. The van der Waals surface area contributed by atoms with Crippen molar-refractivity contribution < 1.29 is 4.79 Å². The van der Waals surface area contributed by atoms with Gasteiger partial charge in [0.05, 0.1) is 5.69 Å². The van der Waals surface area contributed by atoms with Crippen molar-refractivity contribution in [1.82, 2.24) is 9.47 Å². The summed E-state index contributed by atoms with van der Waals surface area (Å²) in [7, 11) is 1.85. The Morgan fingerprint density at radius 2 is 2.06 bits per heavy atom. The second-order valence-corrected chi connectivity index (χ2v) is 5.90. The number of rotatable bonds is 3. The van der Waals surface area contributed by atoms with Crippen LogP contribution in [0.5, 0.6) is 0 Å². The Morgan fingerprint density at radius 3 is 2.50 bits per heavy atom. The Bertz CT molecular complexity index is 429. The molecule has 1 aromatic rings. The van der Waals surface area contributed by atoms with E-state index in [-0.39, 0.29) is 17.4 Å². The first kappa shape index (κ1) is 14.6. The van der Waals surface area contributed by atoms with Gasteiger partial charge in [-0.2, -0.15) is 0 Å². The molecule has 0 aliphatic rings. The Balaban J connectivity index is 3.00. The van der Waals surface area contributed by atoms with Crippen molar-refractivity contribution in [2.24, 2.45) is 5.41 Å². The maximum absolute atomic E-state index is 12.5. The van der Waals surface area contributed by atoms with Crippen LogP contribution in [0.4, 0.5) is 5.69 Å². The molecule has 1 aromatic heterocycles. The summed E-state index contributed by atoms with van der Waals surface area (Å²) in [6, 6.07) is 1.91. The topological polar surface area (TPSA) is 51.3 Å². The van der Waals surface area contributed by atoms with E-state index in [2.05, 4.69) is 27.7 Å². The zero-order valence-corrected chi connectivity index (χ0v) is 12.3. The molecule has 2 N–H and O–H groups in total. The van der Waals surface area contributed by atoms with Gasteiger partial charge in [0.2, 0.25) is 0 Å². The van der Waals surface area contributed by atoms with Crippen LogP contribution in [0.1, 0.15) is 45.1 Å². The minimum Gasteiger partial charge on any atom is -0.397 e. The highest BCUT2D eigenvalue weighted by Gasteiger charge is 2.28. The number of nitrogen functional groups attached to an aromatic ring is 1. The minimum atomic E-state index is 0.0241. The molecular weight excluding hydrogens is 226 g/mol. The summed E-state index contributed by atoms with van der Waals surface area (Å²) in [5.41, 5.74) is 7.12. The van der Waals surface area contributed by atoms with Gasteiger partial charge in [-0.05, 0) is 25.3 Å². The van der Waals surface area contributed by atoms with E-state index in [0.29, 0.717) is 11.4 Å². The third-order valence-electron chi connectivity index (χ3n) is 3.63. The summed E-state index contributed by atoms with van der Waals surface area (Å²) in [5, 5.41) is 0. The van der Waals surface area contributed by atoms with Crippen molar-refractivity contribution in [2.45, 2.75) is 47.2 Å². The van der Waals surface area contributed by atoms with Gasteiger partial charge in [0.1, 0.15) is 5.69 Å². The van der Waals surface area contributed by atoms with Crippen molar-refractivity contribution in [1.29, 1.82) is 0 Å². The molecule has 0 radical (unpaired) electrons. The van der Waals surface area contributed by atoms with E-state index < -0.39 is 0 Å². The summed E-state index contributed by atoms with van der Waals surface area (Å²) in [6.45, 7) is 11.2. The van der Waals surface area contributed by atoms with Crippen LogP contribution >= 0.6 is 0 Å². The number of aromatic nitrogens is 1. The number of amides is 1. The predicted octanol–water partition coefficient (Wildman–Crippen LogP) is 2.60. The largest absolute Gasteiger partial charge is 0.397 e. The Hall–Kier alpha value is -1.45. The molecule has 4 nitrogen and oxygen atoms in total. The highest BCUT2D eigenvalue weighted by atomic mass is 16.2. The molecule has 1 rings (SSSR count). The summed E-state index contributed by atoms with van der Waals surface area (Å²) in [4.78, 5) is 14.3. The highest BCUT2D eigenvalue weighted by Crippen LogP contribution is 2.24. The Kier molecular flexibility index (Phi) is 4.09. The third kappa shape index (κ3) is 2.86. The van der Waals surface area contributed by atoms with Crippen molar-refractivity contribution in [3.63, 3.8) is 0 Å². The molecule has 0 spiro atoms. The van der Waals surface area contributed by atoms with E-state index in [1.165, 1.54) is 0 Å². The van der Waals surface area contributed by atoms with E-state index >= 15 is 0 Å². The number of carbonyl (C=O) groups is 1. The van der Waals surface area contributed by atoms with Crippen molar-refractivity contribution in [2.75, 3.05) is 12.8 Å². The van der Waals surface area contributed by atoms with Gasteiger partial charge in [-0.3, -0.25) is 4.79 Å². The van der Waals surface area contributed by atoms with E-state index in [0.717, 1.165) is 6.54 Å². The minimum absolute atomic E-state index is 0.0241. The second-order valence-electron chi connectivity index (χ2n) is 5.90. The summed E-state index contributed by atoms with van der Waals surface area (Å²) >= 11 is 0. The molecule has 1 amide bonds. The van der Waals surface area contributed by atoms with Gasteiger partial charge >= 0.3 is 0 Å². The number of aryl methyl sites for hydroxylation is 1. The van der Waals surface area contributed by atoms with Gasteiger partial charge in [-0.1, -0.05) is 20.8 Å². The lowest BCUT2D eigenvalue weighted by Gasteiger charge is -2.35. The SMILES string of the molecule is CCn1cc(N)cc1C(=O)N(C)C(C)C(C)(C)C.